The van der Waals surface area contributed by atoms with Gasteiger partial charge in [-0.3, -0.25) is 9.98 Å². The minimum absolute atomic E-state index is 0.212. The van der Waals surface area contributed by atoms with E-state index in [0.717, 1.165) is 74.5 Å². The third kappa shape index (κ3) is 4.84. The second kappa shape index (κ2) is 10.5. The molecule has 2 aliphatic heterocycles. The van der Waals surface area contributed by atoms with Crippen molar-refractivity contribution in [1.82, 2.24) is 14.5 Å². The topological polar surface area (TPSA) is 62.7 Å². The first kappa shape index (κ1) is 24.4. The average molecular weight is 505 g/mol. The van der Waals surface area contributed by atoms with Gasteiger partial charge in [0, 0.05) is 68.3 Å². The van der Waals surface area contributed by atoms with E-state index in [2.05, 4.69) is 81.5 Å². The van der Waals surface area contributed by atoms with Crippen molar-refractivity contribution in [2.24, 2.45) is 10.7 Å². The largest absolute Gasteiger partial charge is 0.373 e. The molecule has 6 nitrogen and oxygen atoms in total. The minimum Gasteiger partial charge on any atom is -0.373 e. The fourth-order valence-electron chi connectivity index (χ4n) is 5.96. The Labute approximate surface area is 225 Å². The molecule has 2 N–H and O–H groups in total. The molecule has 6 rings (SSSR count). The molecule has 1 saturated heterocycles. The number of rotatable bonds is 6. The van der Waals surface area contributed by atoms with Crippen molar-refractivity contribution in [3.63, 3.8) is 0 Å². The second-order valence-electron chi connectivity index (χ2n) is 10.7. The SMILES string of the molecule is C=C(c1cc2c(c(N=Cc3cc4ccccc4n3Cc3cccnc3)c1)N(C)CCC2)N1CCCC(N)C1. The van der Waals surface area contributed by atoms with Gasteiger partial charge in [0.2, 0.25) is 0 Å². The lowest BCUT2D eigenvalue weighted by atomic mass is 9.96. The Morgan fingerprint density at radius 3 is 2.87 bits per heavy atom. The van der Waals surface area contributed by atoms with Gasteiger partial charge in [-0.15, -0.1) is 0 Å². The standard InChI is InChI=1S/C32H36N6/c1-23(37-15-7-11-28(33)22-37)27-16-26-10-6-14-36(2)32(26)30(18-27)35-20-29-17-25-9-3-4-12-31(25)38(29)21-24-8-5-13-34-19-24/h3-5,8-9,12-13,16-20,28H,1,6-7,10-11,14-15,21-22,33H2,2H3. The van der Waals surface area contributed by atoms with Crippen LogP contribution >= 0.6 is 0 Å². The predicted octanol–water partition coefficient (Wildman–Crippen LogP) is 5.61. The zero-order chi connectivity index (χ0) is 26.1. The molecule has 6 heteroatoms. The summed E-state index contributed by atoms with van der Waals surface area (Å²) in [6.07, 6.45) is 10.2. The number of aliphatic imine (C=N–C) groups is 1. The van der Waals surface area contributed by atoms with Gasteiger partial charge in [0.05, 0.1) is 23.3 Å². The van der Waals surface area contributed by atoms with Crippen molar-refractivity contribution in [1.29, 1.82) is 0 Å². The summed E-state index contributed by atoms with van der Waals surface area (Å²) >= 11 is 0. The van der Waals surface area contributed by atoms with E-state index in [4.69, 9.17) is 10.7 Å². The van der Waals surface area contributed by atoms with Gasteiger partial charge in [0.25, 0.3) is 0 Å². The van der Waals surface area contributed by atoms with Crippen molar-refractivity contribution in [2.45, 2.75) is 38.3 Å². The maximum absolute atomic E-state index is 6.29. The number of benzene rings is 2. The van der Waals surface area contributed by atoms with Crippen LogP contribution < -0.4 is 10.6 Å². The molecule has 0 radical (unpaired) electrons. The number of nitrogens with two attached hydrogens (primary N) is 1. The second-order valence-corrected chi connectivity index (χ2v) is 10.7. The number of fused-ring (bicyclic) bond motifs is 2. The smallest absolute Gasteiger partial charge is 0.0873 e. The van der Waals surface area contributed by atoms with Crippen molar-refractivity contribution < 1.29 is 0 Å². The number of para-hydroxylation sites is 1. The van der Waals surface area contributed by atoms with Crippen LogP contribution in [0.25, 0.3) is 16.6 Å². The number of pyridine rings is 1. The molecule has 194 valence electrons. The molecule has 1 fully saturated rings. The first-order chi connectivity index (χ1) is 18.6. The molecule has 0 bridgehead atoms. The summed E-state index contributed by atoms with van der Waals surface area (Å²) in [4.78, 5) is 14.2. The molecule has 0 saturated carbocycles. The van der Waals surface area contributed by atoms with Crippen LogP contribution in [0.4, 0.5) is 11.4 Å². The zero-order valence-electron chi connectivity index (χ0n) is 22.2. The van der Waals surface area contributed by atoms with Crippen molar-refractivity contribution in [2.75, 3.05) is 31.6 Å². The van der Waals surface area contributed by atoms with Gasteiger partial charge < -0.3 is 20.1 Å². The van der Waals surface area contributed by atoms with Crippen LogP contribution in [0.5, 0.6) is 0 Å². The van der Waals surface area contributed by atoms with Crippen molar-refractivity contribution in [3.8, 4) is 0 Å². The van der Waals surface area contributed by atoms with E-state index >= 15 is 0 Å². The first-order valence-corrected chi connectivity index (χ1v) is 13.7. The Morgan fingerprint density at radius 1 is 1.13 bits per heavy atom. The number of anilines is 1. The highest BCUT2D eigenvalue weighted by atomic mass is 15.2. The van der Waals surface area contributed by atoms with Gasteiger partial charge in [0.1, 0.15) is 0 Å². The summed E-state index contributed by atoms with van der Waals surface area (Å²) in [6.45, 7) is 8.15. The lowest BCUT2D eigenvalue weighted by Crippen LogP contribution is -2.41. The van der Waals surface area contributed by atoms with Crippen LogP contribution in [-0.2, 0) is 13.0 Å². The molecule has 2 aliphatic rings. The van der Waals surface area contributed by atoms with E-state index in [1.54, 1.807) is 0 Å². The van der Waals surface area contributed by atoms with E-state index in [1.807, 2.05) is 24.7 Å². The van der Waals surface area contributed by atoms with Gasteiger partial charge in [-0.1, -0.05) is 30.8 Å². The Bertz CT molecular complexity index is 1480. The van der Waals surface area contributed by atoms with E-state index < -0.39 is 0 Å². The van der Waals surface area contributed by atoms with Crippen LogP contribution in [0.1, 0.15) is 41.6 Å². The molecule has 4 aromatic rings. The number of nitrogens with zero attached hydrogens (tertiary/aromatic N) is 5. The normalized spacial score (nSPS) is 17.8. The minimum atomic E-state index is 0.212. The number of likely N-dealkylation sites (tertiary alicyclic amines) is 1. The summed E-state index contributed by atoms with van der Waals surface area (Å²) < 4.78 is 2.32. The van der Waals surface area contributed by atoms with Crippen LogP contribution in [0.15, 0.2) is 78.6 Å². The van der Waals surface area contributed by atoms with E-state index in [0.29, 0.717) is 0 Å². The highest BCUT2D eigenvalue weighted by Gasteiger charge is 2.23. The Hall–Kier alpha value is -3.90. The first-order valence-electron chi connectivity index (χ1n) is 13.7. The Kier molecular flexibility index (Phi) is 6.73. The van der Waals surface area contributed by atoms with Crippen LogP contribution in [-0.4, -0.2) is 53.4 Å². The van der Waals surface area contributed by atoms with E-state index in [9.17, 15) is 0 Å². The fourth-order valence-corrected chi connectivity index (χ4v) is 5.96. The molecule has 2 aromatic heterocycles. The van der Waals surface area contributed by atoms with Gasteiger partial charge in [-0.2, -0.15) is 0 Å². The molecule has 2 aromatic carbocycles. The summed E-state index contributed by atoms with van der Waals surface area (Å²) in [5.74, 6) is 0. The zero-order valence-corrected chi connectivity index (χ0v) is 22.2. The highest BCUT2D eigenvalue weighted by Crippen LogP contribution is 2.39. The predicted molar refractivity (Wildman–Crippen MR) is 158 cm³/mol. The number of aryl methyl sites for hydroxylation is 1. The quantitative estimate of drug-likeness (QED) is 0.347. The maximum Gasteiger partial charge on any atom is 0.0873 e. The molecule has 1 atom stereocenters. The van der Waals surface area contributed by atoms with E-state index in [1.165, 1.54) is 27.7 Å². The Balaban J connectivity index is 1.40. The number of piperidine rings is 1. The summed E-state index contributed by atoms with van der Waals surface area (Å²) in [5, 5.41) is 1.21. The average Bonchev–Trinajstić information content (AvgIpc) is 3.29. The third-order valence-corrected chi connectivity index (χ3v) is 7.90. The maximum atomic E-state index is 6.29. The fraction of sp³-hybridized carbons (Fsp3) is 0.312. The summed E-state index contributed by atoms with van der Waals surface area (Å²) in [7, 11) is 2.18. The van der Waals surface area contributed by atoms with Gasteiger partial charge in [-0.25, -0.2) is 0 Å². The molecular weight excluding hydrogens is 468 g/mol. The number of hydrogen-bond donors (Lipinski definition) is 1. The van der Waals surface area contributed by atoms with Crippen LogP contribution in [0, 0.1) is 0 Å². The molecular formula is C32H36N6. The van der Waals surface area contributed by atoms with Crippen LogP contribution in [0.2, 0.25) is 0 Å². The molecule has 0 aliphatic carbocycles. The lowest BCUT2D eigenvalue weighted by Gasteiger charge is -2.35. The number of aromatic nitrogens is 2. The van der Waals surface area contributed by atoms with Gasteiger partial charge >= 0.3 is 0 Å². The highest BCUT2D eigenvalue weighted by molar-refractivity contribution is 5.93. The van der Waals surface area contributed by atoms with Crippen molar-refractivity contribution in [3.05, 3.63) is 96.0 Å². The molecule has 0 amide bonds. The summed E-state index contributed by atoms with van der Waals surface area (Å²) in [5.41, 5.74) is 15.5. The monoisotopic (exact) mass is 504 g/mol. The van der Waals surface area contributed by atoms with E-state index in [-0.39, 0.29) is 6.04 Å². The molecule has 4 heterocycles. The molecule has 38 heavy (non-hydrogen) atoms. The Morgan fingerprint density at radius 2 is 2.03 bits per heavy atom. The van der Waals surface area contributed by atoms with Crippen molar-refractivity contribution >= 4 is 34.2 Å². The lowest BCUT2D eigenvalue weighted by molar-refractivity contribution is 0.296. The summed E-state index contributed by atoms with van der Waals surface area (Å²) in [6, 6.07) is 19.6. The van der Waals surface area contributed by atoms with Gasteiger partial charge in [0.15, 0.2) is 0 Å². The number of hydrogen-bond acceptors (Lipinski definition) is 5. The van der Waals surface area contributed by atoms with Gasteiger partial charge in [-0.05, 0) is 72.7 Å². The molecule has 0 spiro atoms. The van der Waals surface area contributed by atoms with Crippen LogP contribution in [0.3, 0.4) is 0 Å². The molecule has 1 unspecified atom stereocenters. The third-order valence-electron chi connectivity index (χ3n) is 7.90.